The molecule has 1 aliphatic rings. The molecule has 2 heterocycles. The minimum Gasteiger partial charge on any atom is -0.484 e. The number of benzene rings is 1. The molecular formula is C21H21F6N3O2. The molecule has 174 valence electrons. The topological polar surface area (TPSA) is 54.5 Å². The molecular weight excluding hydrogens is 440 g/mol. The van der Waals surface area contributed by atoms with Crippen molar-refractivity contribution in [2.75, 3.05) is 19.7 Å². The van der Waals surface area contributed by atoms with Gasteiger partial charge in [0.2, 0.25) is 5.91 Å². The van der Waals surface area contributed by atoms with Crippen molar-refractivity contribution in [3.8, 4) is 5.75 Å². The number of halogens is 6. The van der Waals surface area contributed by atoms with Crippen LogP contribution in [0.1, 0.15) is 23.4 Å². The van der Waals surface area contributed by atoms with E-state index in [0.29, 0.717) is 26.1 Å². The first-order chi connectivity index (χ1) is 15.0. The molecule has 0 saturated carbocycles. The van der Waals surface area contributed by atoms with Crippen molar-refractivity contribution in [2.45, 2.75) is 31.9 Å². The fraction of sp³-hybridized carbons (Fsp3) is 0.429. The molecule has 32 heavy (non-hydrogen) atoms. The summed E-state index contributed by atoms with van der Waals surface area (Å²) in [6, 6.07) is 9.83. The first-order valence-corrected chi connectivity index (χ1v) is 9.81. The number of aromatic nitrogens is 1. The number of hydrogen-bond acceptors (Lipinski definition) is 4. The van der Waals surface area contributed by atoms with Gasteiger partial charge in [-0.15, -0.1) is 0 Å². The second-order valence-electron chi connectivity index (χ2n) is 7.50. The molecule has 1 saturated heterocycles. The largest absolute Gasteiger partial charge is 0.484 e. The predicted octanol–water partition coefficient (Wildman–Crippen LogP) is 4.18. The van der Waals surface area contributed by atoms with E-state index < -0.39 is 24.7 Å². The minimum atomic E-state index is -4.55. The SMILES string of the molecule is O=C(NCc1cccc(C(F)(F)F)n1)C1CCN(Cc2cccc(OCC(F)(F)F)c2)C1. The van der Waals surface area contributed by atoms with Gasteiger partial charge in [0, 0.05) is 13.1 Å². The molecule has 11 heteroatoms. The van der Waals surface area contributed by atoms with Crippen LogP contribution in [0.25, 0.3) is 0 Å². The van der Waals surface area contributed by atoms with Gasteiger partial charge < -0.3 is 10.1 Å². The molecule has 2 aromatic rings. The van der Waals surface area contributed by atoms with Crippen molar-refractivity contribution >= 4 is 5.91 Å². The van der Waals surface area contributed by atoms with E-state index in [1.807, 2.05) is 4.90 Å². The Bertz CT molecular complexity index is 932. The fourth-order valence-electron chi connectivity index (χ4n) is 3.41. The Morgan fingerprint density at radius 2 is 1.88 bits per heavy atom. The highest BCUT2D eigenvalue weighted by Crippen LogP contribution is 2.27. The molecule has 1 fully saturated rings. The van der Waals surface area contributed by atoms with E-state index in [-0.39, 0.29) is 29.8 Å². The van der Waals surface area contributed by atoms with Gasteiger partial charge >= 0.3 is 12.4 Å². The lowest BCUT2D eigenvalue weighted by Crippen LogP contribution is -2.32. The van der Waals surface area contributed by atoms with Gasteiger partial charge in [-0.2, -0.15) is 26.3 Å². The lowest BCUT2D eigenvalue weighted by molar-refractivity contribution is -0.153. The second-order valence-corrected chi connectivity index (χ2v) is 7.50. The first kappa shape index (κ1) is 23.8. The molecule has 0 bridgehead atoms. The van der Waals surface area contributed by atoms with Crippen molar-refractivity contribution in [2.24, 2.45) is 5.92 Å². The molecule has 1 unspecified atom stereocenters. The Labute approximate surface area is 180 Å². The molecule has 0 aliphatic carbocycles. The summed E-state index contributed by atoms with van der Waals surface area (Å²) in [5.41, 5.74) is -0.157. The lowest BCUT2D eigenvalue weighted by atomic mass is 10.1. The summed E-state index contributed by atoms with van der Waals surface area (Å²) in [5.74, 6) is -0.513. The number of amides is 1. The van der Waals surface area contributed by atoms with Crippen molar-refractivity contribution in [1.29, 1.82) is 0 Å². The van der Waals surface area contributed by atoms with Crippen LogP contribution in [0.3, 0.4) is 0 Å². The van der Waals surface area contributed by atoms with Gasteiger partial charge in [-0.1, -0.05) is 18.2 Å². The molecule has 0 spiro atoms. The highest BCUT2D eigenvalue weighted by molar-refractivity contribution is 5.79. The van der Waals surface area contributed by atoms with Gasteiger partial charge in [0.05, 0.1) is 18.2 Å². The first-order valence-electron chi connectivity index (χ1n) is 9.81. The highest BCUT2D eigenvalue weighted by atomic mass is 19.4. The molecule has 1 N–H and O–H groups in total. The molecule has 1 atom stereocenters. The van der Waals surface area contributed by atoms with Crippen LogP contribution < -0.4 is 10.1 Å². The Hall–Kier alpha value is -2.82. The van der Waals surface area contributed by atoms with Gasteiger partial charge in [0.1, 0.15) is 11.4 Å². The summed E-state index contributed by atoms with van der Waals surface area (Å²) in [4.78, 5) is 17.9. The van der Waals surface area contributed by atoms with E-state index in [1.54, 1.807) is 12.1 Å². The summed E-state index contributed by atoms with van der Waals surface area (Å²) >= 11 is 0. The lowest BCUT2D eigenvalue weighted by Gasteiger charge is -2.17. The maximum absolute atomic E-state index is 12.7. The van der Waals surface area contributed by atoms with Gasteiger partial charge in [0.25, 0.3) is 0 Å². The van der Waals surface area contributed by atoms with Crippen molar-refractivity contribution in [3.05, 3.63) is 59.4 Å². The van der Waals surface area contributed by atoms with Crippen molar-refractivity contribution in [3.63, 3.8) is 0 Å². The van der Waals surface area contributed by atoms with Crippen LogP contribution in [0.15, 0.2) is 42.5 Å². The van der Waals surface area contributed by atoms with E-state index in [0.717, 1.165) is 11.6 Å². The second kappa shape index (κ2) is 9.76. The van der Waals surface area contributed by atoms with Crippen LogP contribution in [-0.2, 0) is 24.1 Å². The molecule has 3 rings (SSSR count). The average molecular weight is 461 g/mol. The number of nitrogens with zero attached hydrogens (tertiary/aromatic N) is 2. The van der Waals surface area contributed by atoms with Crippen LogP contribution in [0.5, 0.6) is 5.75 Å². The number of alkyl halides is 6. The zero-order chi connectivity index (χ0) is 23.4. The Balaban J connectivity index is 1.49. The third-order valence-electron chi connectivity index (χ3n) is 4.89. The van der Waals surface area contributed by atoms with Crippen LogP contribution in [0.4, 0.5) is 26.3 Å². The third-order valence-corrected chi connectivity index (χ3v) is 4.89. The molecule has 1 aromatic carbocycles. The van der Waals surface area contributed by atoms with Crippen molar-refractivity contribution in [1.82, 2.24) is 15.2 Å². The molecule has 0 radical (unpaired) electrons. The van der Waals surface area contributed by atoms with E-state index in [4.69, 9.17) is 4.74 Å². The van der Waals surface area contributed by atoms with Crippen LogP contribution in [0, 0.1) is 5.92 Å². The summed E-state index contributed by atoms with van der Waals surface area (Å²) < 4.78 is 79.9. The van der Waals surface area contributed by atoms with E-state index >= 15 is 0 Å². The summed E-state index contributed by atoms with van der Waals surface area (Å²) in [5, 5.41) is 2.62. The number of hydrogen-bond donors (Lipinski definition) is 1. The quantitative estimate of drug-likeness (QED) is 0.629. The predicted molar refractivity (Wildman–Crippen MR) is 102 cm³/mol. The Morgan fingerprint density at radius 3 is 2.59 bits per heavy atom. The minimum absolute atomic E-state index is 0.110. The van der Waals surface area contributed by atoms with E-state index in [1.165, 1.54) is 24.3 Å². The standard InChI is InChI=1S/C21H21F6N3O2/c22-20(23,24)13-32-17-5-1-3-14(9-17)11-30-8-7-15(12-30)19(31)28-10-16-4-2-6-18(29-16)21(25,26)27/h1-6,9,15H,7-8,10-13H2,(H,28,31). The van der Waals surface area contributed by atoms with E-state index in [2.05, 4.69) is 10.3 Å². The summed E-state index contributed by atoms with van der Waals surface area (Å²) in [7, 11) is 0. The van der Waals surface area contributed by atoms with Crippen LogP contribution in [0.2, 0.25) is 0 Å². The monoisotopic (exact) mass is 461 g/mol. The van der Waals surface area contributed by atoms with Gasteiger partial charge in [-0.05, 0) is 42.8 Å². The molecule has 1 aromatic heterocycles. The summed E-state index contributed by atoms with van der Waals surface area (Å²) in [6.45, 7) is -0.0216. The van der Waals surface area contributed by atoms with Crippen molar-refractivity contribution < 1.29 is 35.9 Å². The number of carbonyl (C=O) groups excluding carboxylic acids is 1. The highest BCUT2D eigenvalue weighted by Gasteiger charge is 2.33. The number of pyridine rings is 1. The smallest absolute Gasteiger partial charge is 0.433 e. The number of ether oxygens (including phenoxy) is 1. The van der Waals surface area contributed by atoms with E-state index in [9.17, 15) is 31.1 Å². The van der Waals surface area contributed by atoms with Crippen LogP contribution >= 0.6 is 0 Å². The van der Waals surface area contributed by atoms with Gasteiger partial charge in [-0.3, -0.25) is 9.69 Å². The average Bonchev–Trinajstić information content (AvgIpc) is 3.18. The Morgan fingerprint density at radius 1 is 1.12 bits per heavy atom. The number of carbonyl (C=O) groups is 1. The zero-order valence-electron chi connectivity index (χ0n) is 16.8. The fourth-order valence-corrected chi connectivity index (χ4v) is 3.41. The van der Waals surface area contributed by atoms with Gasteiger partial charge in [0.15, 0.2) is 6.61 Å². The number of likely N-dealkylation sites (tertiary alicyclic amines) is 1. The maximum atomic E-state index is 12.7. The van der Waals surface area contributed by atoms with Gasteiger partial charge in [-0.25, -0.2) is 4.98 Å². The molecule has 5 nitrogen and oxygen atoms in total. The molecule has 1 amide bonds. The third kappa shape index (κ3) is 7.11. The number of rotatable bonds is 7. The van der Waals surface area contributed by atoms with Crippen LogP contribution in [-0.4, -0.2) is 41.7 Å². The maximum Gasteiger partial charge on any atom is 0.433 e. The Kier molecular flexibility index (Phi) is 7.27. The zero-order valence-corrected chi connectivity index (χ0v) is 16.8. The summed E-state index contributed by atoms with van der Waals surface area (Å²) in [6.07, 6.45) is -8.41. The number of nitrogens with one attached hydrogen (secondary N) is 1. The normalized spacial score (nSPS) is 17.4. The molecule has 1 aliphatic heterocycles.